The van der Waals surface area contributed by atoms with Crippen molar-refractivity contribution in [3.8, 4) is 0 Å². The summed E-state index contributed by atoms with van der Waals surface area (Å²) in [4.78, 5) is 19.5. The lowest BCUT2D eigenvalue weighted by Gasteiger charge is -2.39. The molecule has 1 amide bonds. The molecular formula is C17H34N4O2. The Morgan fingerprint density at radius 3 is 2.52 bits per heavy atom. The number of nitrogens with one attached hydrogen (secondary N) is 1. The third-order valence-electron chi connectivity index (χ3n) is 5.20. The Bertz CT molecular complexity index is 359. The Balaban J connectivity index is 1.66. The molecule has 0 saturated carbocycles. The lowest BCUT2D eigenvalue weighted by molar-refractivity contribution is -0.124. The third-order valence-corrected chi connectivity index (χ3v) is 5.20. The first-order valence-corrected chi connectivity index (χ1v) is 9.09. The quantitative estimate of drug-likeness (QED) is 0.726. The van der Waals surface area contributed by atoms with Gasteiger partial charge in [-0.05, 0) is 26.3 Å². The molecule has 6 heteroatoms. The number of piperidine rings is 1. The van der Waals surface area contributed by atoms with E-state index in [0.29, 0.717) is 18.6 Å². The molecule has 0 radical (unpaired) electrons. The van der Waals surface area contributed by atoms with Crippen LogP contribution >= 0.6 is 0 Å². The lowest BCUT2D eigenvalue weighted by Crippen LogP contribution is -2.55. The number of carbonyl (C=O) groups is 1. The monoisotopic (exact) mass is 326 g/mol. The van der Waals surface area contributed by atoms with Crippen LogP contribution in [-0.4, -0.2) is 98.8 Å². The number of likely N-dealkylation sites (tertiary alicyclic amines) is 1. The Kier molecular flexibility index (Phi) is 7.76. The van der Waals surface area contributed by atoms with E-state index in [4.69, 9.17) is 4.74 Å². The van der Waals surface area contributed by atoms with Crippen LogP contribution in [0.25, 0.3) is 0 Å². The van der Waals surface area contributed by atoms with Gasteiger partial charge in [-0.2, -0.15) is 0 Å². The molecule has 0 spiro atoms. The predicted octanol–water partition coefficient (Wildman–Crippen LogP) is 0.239. The number of rotatable bonds is 7. The third kappa shape index (κ3) is 6.03. The van der Waals surface area contributed by atoms with E-state index in [2.05, 4.69) is 33.9 Å². The van der Waals surface area contributed by atoms with Crippen LogP contribution in [0.1, 0.15) is 26.7 Å². The topological polar surface area (TPSA) is 48.1 Å². The average molecular weight is 326 g/mol. The Hall–Kier alpha value is -0.690. The maximum absolute atomic E-state index is 12.3. The van der Waals surface area contributed by atoms with Crippen molar-refractivity contribution in [1.82, 2.24) is 20.0 Å². The number of hydrogen-bond acceptors (Lipinski definition) is 5. The number of piperazine rings is 1. The van der Waals surface area contributed by atoms with Gasteiger partial charge in [0.2, 0.25) is 5.91 Å². The molecule has 0 aliphatic carbocycles. The zero-order valence-electron chi connectivity index (χ0n) is 15.1. The summed E-state index contributed by atoms with van der Waals surface area (Å²) in [7, 11) is 1.75. The molecule has 0 unspecified atom stereocenters. The normalized spacial score (nSPS) is 25.6. The minimum Gasteiger partial charge on any atom is -0.383 e. The first-order chi connectivity index (χ1) is 11.1. The summed E-state index contributed by atoms with van der Waals surface area (Å²) in [5.74, 6) is 0.192. The summed E-state index contributed by atoms with van der Waals surface area (Å²) in [6, 6.07) is 0.852. The Morgan fingerprint density at radius 2 is 1.91 bits per heavy atom. The van der Waals surface area contributed by atoms with Crippen molar-refractivity contribution in [3.63, 3.8) is 0 Å². The summed E-state index contributed by atoms with van der Waals surface area (Å²) in [5.41, 5.74) is 0. The number of methoxy groups -OCH3 is 1. The molecule has 2 saturated heterocycles. The molecule has 0 aromatic rings. The molecule has 2 aliphatic rings. The zero-order chi connectivity index (χ0) is 16.7. The number of hydrogen-bond donors (Lipinski definition) is 1. The van der Waals surface area contributed by atoms with Gasteiger partial charge in [0.1, 0.15) is 0 Å². The number of nitrogens with zero attached hydrogens (tertiary/aromatic N) is 3. The second-order valence-electron chi connectivity index (χ2n) is 6.89. The van der Waals surface area contributed by atoms with Gasteiger partial charge in [0.25, 0.3) is 0 Å². The summed E-state index contributed by atoms with van der Waals surface area (Å²) >= 11 is 0. The van der Waals surface area contributed by atoms with Gasteiger partial charge >= 0.3 is 0 Å². The van der Waals surface area contributed by atoms with Crippen LogP contribution in [0.15, 0.2) is 0 Å². The standard InChI is InChI=1S/C17H34N4O2/c1-4-19-7-5-16(6-8-19)18-17(22)14-20-9-10-21(11-12-23-3)15(2)13-20/h15-16H,4-14H2,1-3H3,(H,18,22)/t15-/m1/s1. The maximum Gasteiger partial charge on any atom is 0.234 e. The summed E-state index contributed by atoms with van der Waals surface area (Å²) in [5, 5.41) is 3.23. The fraction of sp³-hybridized carbons (Fsp3) is 0.941. The van der Waals surface area contributed by atoms with Gasteiger partial charge in [-0.15, -0.1) is 0 Å². The van der Waals surface area contributed by atoms with Crippen LogP contribution in [0.5, 0.6) is 0 Å². The summed E-state index contributed by atoms with van der Waals surface area (Å²) < 4.78 is 5.16. The number of carbonyl (C=O) groups excluding carboxylic acids is 1. The molecule has 1 N–H and O–H groups in total. The fourth-order valence-corrected chi connectivity index (χ4v) is 3.62. The molecule has 1 atom stereocenters. The minimum atomic E-state index is 0.192. The highest BCUT2D eigenvalue weighted by Crippen LogP contribution is 2.11. The van der Waals surface area contributed by atoms with Gasteiger partial charge in [-0.1, -0.05) is 6.92 Å². The van der Waals surface area contributed by atoms with E-state index in [1.165, 1.54) is 0 Å². The first kappa shape index (κ1) is 18.6. The van der Waals surface area contributed by atoms with Crippen molar-refractivity contribution in [2.45, 2.75) is 38.8 Å². The van der Waals surface area contributed by atoms with Crippen molar-refractivity contribution in [3.05, 3.63) is 0 Å². The van der Waals surface area contributed by atoms with Gasteiger partial charge in [0, 0.05) is 58.5 Å². The van der Waals surface area contributed by atoms with Crippen molar-refractivity contribution in [1.29, 1.82) is 0 Å². The van der Waals surface area contributed by atoms with Crippen molar-refractivity contribution >= 4 is 5.91 Å². The number of ether oxygens (including phenoxy) is 1. The molecule has 0 aromatic heterocycles. The Morgan fingerprint density at radius 1 is 1.17 bits per heavy atom. The van der Waals surface area contributed by atoms with Gasteiger partial charge < -0.3 is 15.0 Å². The molecule has 2 heterocycles. The molecule has 2 aliphatic heterocycles. The van der Waals surface area contributed by atoms with Crippen LogP contribution in [0.3, 0.4) is 0 Å². The van der Waals surface area contributed by atoms with Crippen molar-refractivity contribution in [2.75, 3.05) is 66.1 Å². The van der Waals surface area contributed by atoms with Crippen molar-refractivity contribution < 1.29 is 9.53 Å². The van der Waals surface area contributed by atoms with E-state index in [0.717, 1.165) is 65.3 Å². The van der Waals surface area contributed by atoms with Crippen LogP contribution in [0.4, 0.5) is 0 Å². The maximum atomic E-state index is 12.3. The number of amides is 1. The second-order valence-corrected chi connectivity index (χ2v) is 6.89. The zero-order valence-corrected chi connectivity index (χ0v) is 15.1. The lowest BCUT2D eigenvalue weighted by atomic mass is 10.1. The Labute approximate surface area is 141 Å². The van der Waals surface area contributed by atoms with E-state index in [-0.39, 0.29) is 5.91 Å². The van der Waals surface area contributed by atoms with E-state index >= 15 is 0 Å². The first-order valence-electron chi connectivity index (χ1n) is 9.09. The molecule has 23 heavy (non-hydrogen) atoms. The van der Waals surface area contributed by atoms with Crippen LogP contribution < -0.4 is 5.32 Å². The molecule has 6 nitrogen and oxygen atoms in total. The van der Waals surface area contributed by atoms with Crippen LogP contribution in [0.2, 0.25) is 0 Å². The second kappa shape index (κ2) is 9.57. The molecular weight excluding hydrogens is 292 g/mol. The van der Waals surface area contributed by atoms with Crippen LogP contribution in [-0.2, 0) is 9.53 Å². The van der Waals surface area contributed by atoms with Gasteiger partial charge in [-0.3, -0.25) is 14.6 Å². The van der Waals surface area contributed by atoms with E-state index < -0.39 is 0 Å². The SMILES string of the molecule is CCN1CCC(NC(=O)CN2CCN(CCOC)[C@H](C)C2)CC1. The van der Waals surface area contributed by atoms with Crippen LogP contribution in [0, 0.1) is 0 Å². The molecule has 134 valence electrons. The highest BCUT2D eigenvalue weighted by atomic mass is 16.5. The highest BCUT2D eigenvalue weighted by molar-refractivity contribution is 5.78. The molecule has 0 aromatic carbocycles. The van der Waals surface area contributed by atoms with E-state index in [1.54, 1.807) is 7.11 Å². The van der Waals surface area contributed by atoms with Gasteiger partial charge in [0.15, 0.2) is 0 Å². The van der Waals surface area contributed by atoms with E-state index in [1.807, 2.05) is 0 Å². The summed E-state index contributed by atoms with van der Waals surface area (Å²) in [6.45, 7) is 13.0. The van der Waals surface area contributed by atoms with Crippen molar-refractivity contribution in [2.24, 2.45) is 0 Å². The fourth-order valence-electron chi connectivity index (χ4n) is 3.62. The largest absolute Gasteiger partial charge is 0.383 e. The van der Waals surface area contributed by atoms with Gasteiger partial charge in [0.05, 0.1) is 13.2 Å². The minimum absolute atomic E-state index is 0.192. The summed E-state index contributed by atoms with van der Waals surface area (Å²) in [6.07, 6.45) is 2.17. The highest BCUT2D eigenvalue weighted by Gasteiger charge is 2.25. The molecule has 2 fully saturated rings. The van der Waals surface area contributed by atoms with E-state index in [9.17, 15) is 4.79 Å². The molecule has 2 rings (SSSR count). The predicted molar refractivity (Wildman–Crippen MR) is 92.6 cm³/mol. The van der Waals surface area contributed by atoms with Gasteiger partial charge in [-0.25, -0.2) is 0 Å². The molecule has 0 bridgehead atoms. The smallest absolute Gasteiger partial charge is 0.234 e. The average Bonchev–Trinajstić information content (AvgIpc) is 2.55.